The molecule has 2 rings (SSSR count). The molecule has 0 aromatic carbocycles. The number of hydrogen-bond donors (Lipinski definition) is 1. The first-order valence-electron chi connectivity index (χ1n) is 6.49. The summed E-state index contributed by atoms with van der Waals surface area (Å²) in [6.45, 7) is 6.16. The zero-order chi connectivity index (χ0) is 13.0. The highest BCUT2D eigenvalue weighted by Gasteiger charge is 2.18. The van der Waals surface area contributed by atoms with Gasteiger partial charge in [0, 0.05) is 55.1 Å². The van der Waals surface area contributed by atoms with Crippen molar-refractivity contribution in [1.29, 1.82) is 0 Å². The maximum absolute atomic E-state index is 11.6. The number of nitrogens with zero attached hydrogens (tertiary/aromatic N) is 2. The van der Waals surface area contributed by atoms with Crippen LogP contribution in [0.25, 0.3) is 0 Å². The average molecular weight is 267 g/mol. The van der Waals surface area contributed by atoms with Crippen molar-refractivity contribution < 1.29 is 0 Å². The van der Waals surface area contributed by atoms with E-state index >= 15 is 0 Å². The molecule has 0 amide bonds. The van der Waals surface area contributed by atoms with E-state index in [9.17, 15) is 4.79 Å². The molecule has 100 valence electrons. The third-order valence-electron chi connectivity index (χ3n) is 3.34. The maximum Gasteiger partial charge on any atom is 0.250 e. The zero-order valence-electron chi connectivity index (χ0n) is 10.8. The number of pyridine rings is 1. The van der Waals surface area contributed by atoms with Gasteiger partial charge in [0.05, 0.1) is 0 Å². The molecule has 1 atom stereocenters. The molecule has 0 bridgehead atoms. The van der Waals surface area contributed by atoms with Crippen LogP contribution in [0.15, 0.2) is 23.1 Å². The van der Waals surface area contributed by atoms with Crippen molar-refractivity contribution in [3.05, 3.63) is 28.7 Å². The molecule has 4 nitrogen and oxygen atoms in total. The summed E-state index contributed by atoms with van der Waals surface area (Å²) < 4.78 is 1.71. The van der Waals surface area contributed by atoms with Crippen LogP contribution in [0, 0.1) is 0 Å². The second-order valence-electron chi connectivity index (χ2n) is 4.70. The number of aromatic nitrogens is 1. The van der Waals surface area contributed by atoms with Crippen molar-refractivity contribution in [3.8, 4) is 0 Å². The van der Waals surface area contributed by atoms with Crippen LogP contribution in [-0.4, -0.2) is 40.1 Å². The Morgan fingerprint density at radius 3 is 3.06 bits per heavy atom. The minimum Gasteiger partial charge on any atom is -0.398 e. The highest BCUT2D eigenvalue weighted by Crippen LogP contribution is 2.20. The fraction of sp³-hybridized carbons (Fsp3) is 0.615. The minimum atomic E-state index is 0.0302. The first-order valence-corrected chi connectivity index (χ1v) is 7.54. The number of nitrogen functional groups attached to an aromatic ring is 1. The van der Waals surface area contributed by atoms with Crippen LogP contribution in [0.4, 0.5) is 5.69 Å². The quantitative estimate of drug-likeness (QED) is 0.892. The molecule has 18 heavy (non-hydrogen) atoms. The van der Waals surface area contributed by atoms with Gasteiger partial charge < -0.3 is 10.3 Å². The van der Waals surface area contributed by atoms with E-state index in [0.717, 1.165) is 31.4 Å². The summed E-state index contributed by atoms with van der Waals surface area (Å²) in [5.74, 6) is 1.20. The Kier molecular flexibility index (Phi) is 4.72. The molecule has 1 fully saturated rings. The molecule has 1 aliphatic heterocycles. The summed E-state index contributed by atoms with van der Waals surface area (Å²) in [6, 6.07) is 3.19. The lowest BCUT2D eigenvalue weighted by molar-refractivity contribution is 0.268. The molecular formula is C13H21N3OS. The van der Waals surface area contributed by atoms with Crippen LogP contribution >= 0.6 is 11.8 Å². The summed E-state index contributed by atoms with van der Waals surface area (Å²) in [5.41, 5.74) is 6.38. The molecule has 1 saturated heterocycles. The van der Waals surface area contributed by atoms with Crippen molar-refractivity contribution in [3.63, 3.8) is 0 Å². The Hall–Kier alpha value is -0.940. The summed E-state index contributed by atoms with van der Waals surface area (Å²) in [6.07, 6.45) is 2.96. The third-order valence-corrected chi connectivity index (χ3v) is 4.71. The summed E-state index contributed by atoms with van der Waals surface area (Å²) >= 11 is 2.06. The molecule has 0 spiro atoms. The van der Waals surface area contributed by atoms with Crippen LogP contribution in [0.5, 0.6) is 0 Å². The van der Waals surface area contributed by atoms with Gasteiger partial charge in [0.15, 0.2) is 0 Å². The summed E-state index contributed by atoms with van der Waals surface area (Å²) in [5, 5.41) is 0.747. The second kappa shape index (κ2) is 6.29. The molecule has 1 unspecified atom stereocenters. The number of hydrogen-bond acceptors (Lipinski definition) is 4. The Morgan fingerprint density at radius 1 is 1.44 bits per heavy atom. The van der Waals surface area contributed by atoms with Gasteiger partial charge in [-0.1, -0.05) is 6.92 Å². The lowest BCUT2D eigenvalue weighted by Crippen LogP contribution is -2.40. The monoisotopic (exact) mass is 267 g/mol. The standard InChI is InChI=1S/C13H21N3OS/c1-2-12-10-15(7-8-18-12)5-6-16-9-11(14)3-4-13(16)17/h3-4,9,12H,2,5-8,10,14H2,1H3. The van der Waals surface area contributed by atoms with E-state index in [-0.39, 0.29) is 5.56 Å². The van der Waals surface area contributed by atoms with Gasteiger partial charge in [0.1, 0.15) is 0 Å². The first kappa shape index (κ1) is 13.5. The van der Waals surface area contributed by atoms with Crippen molar-refractivity contribution in [1.82, 2.24) is 9.47 Å². The largest absolute Gasteiger partial charge is 0.398 e. The molecule has 1 aromatic rings. The van der Waals surface area contributed by atoms with E-state index in [2.05, 4.69) is 23.6 Å². The van der Waals surface area contributed by atoms with E-state index in [1.807, 2.05) is 0 Å². The molecule has 0 aliphatic carbocycles. The summed E-state index contributed by atoms with van der Waals surface area (Å²) in [4.78, 5) is 14.1. The van der Waals surface area contributed by atoms with Crippen LogP contribution < -0.4 is 11.3 Å². The first-order chi connectivity index (χ1) is 8.69. The number of anilines is 1. The van der Waals surface area contributed by atoms with Crippen LogP contribution in [0.2, 0.25) is 0 Å². The van der Waals surface area contributed by atoms with Gasteiger partial charge in [-0.15, -0.1) is 0 Å². The van der Waals surface area contributed by atoms with Crippen molar-refractivity contribution in [2.45, 2.75) is 25.1 Å². The Bertz CT molecular complexity index is 446. The molecular weight excluding hydrogens is 246 g/mol. The van der Waals surface area contributed by atoms with Crippen LogP contribution in [-0.2, 0) is 6.54 Å². The van der Waals surface area contributed by atoms with E-state index < -0.39 is 0 Å². The summed E-state index contributed by atoms with van der Waals surface area (Å²) in [7, 11) is 0. The van der Waals surface area contributed by atoms with Crippen molar-refractivity contribution in [2.24, 2.45) is 0 Å². The number of rotatable bonds is 4. The fourth-order valence-electron chi connectivity index (χ4n) is 2.20. The maximum atomic E-state index is 11.6. The normalized spacial score (nSPS) is 21.1. The van der Waals surface area contributed by atoms with Crippen molar-refractivity contribution in [2.75, 3.05) is 31.1 Å². The van der Waals surface area contributed by atoms with E-state index in [1.165, 1.54) is 18.2 Å². The average Bonchev–Trinajstić information content (AvgIpc) is 2.40. The smallest absolute Gasteiger partial charge is 0.250 e. The topological polar surface area (TPSA) is 51.3 Å². The predicted octanol–water partition coefficient (Wildman–Crippen LogP) is 1.26. The van der Waals surface area contributed by atoms with Crippen molar-refractivity contribution >= 4 is 17.4 Å². The number of thioether (sulfide) groups is 1. The Balaban J connectivity index is 1.91. The van der Waals surface area contributed by atoms with E-state index in [4.69, 9.17) is 5.73 Å². The van der Waals surface area contributed by atoms with Gasteiger partial charge in [-0.3, -0.25) is 9.69 Å². The fourth-order valence-corrected chi connectivity index (χ4v) is 3.45. The van der Waals surface area contributed by atoms with Crippen LogP contribution in [0.3, 0.4) is 0 Å². The van der Waals surface area contributed by atoms with Gasteiger partial charge in [-0.2, -0.15) is 11.8 Å². The van der Waals surface area contributed by atoms with Gasteiger partial charge in [0.25, 0.3) is 5.56 Å². The van der Waals surface area contributed by atoms with Gasteiger partial charge in [0.2, 0.25) is 0 Å². The molecule has 0 radical (unpaired) electrons. The zero-order valence-corrected chi connectivity index (χ0v) is 11.7. The Morgan fingerprint density at radius 2 is 2.28 bits per heavy atom. The molecule has 5 heteroatoms. The predicted molar refractivity (Wildman–Crippen MR) is 78.1 cm³/mol. The molecule has 2 heterocycles. The van der Waals surface area contributed by atoms with E-state index in [0.29, 0.717) is 5.69 Å². The van der Waals surface area contributed by atoms with E-state index in [1.54, 1.807) is 16.8 Å². The highest BCUT2D eigenvalue weighted by atomic mass is 32.2. The van der Waals surface area contributed by atoms with Gasteiger partial charge in [-0.05, 0) is 12.5 Å². The lowest BCUT2D eigenvalue weighted by atomic mass is 10.3. The molecule has 1 aromatic heterocycles. The number of nitrogens with two attached hydrogens (primary N) is 1. The lowest BCUT2D eigenvalue weighted by Gasteiger charge is -2.31. The SMILES string of the molecule is CCC1CN(CCn2cc(N)ccc2=O)CCS1. The third kappa shape index (κ3) is 3.53. The molecule has 1 aliphatic rings. The minimum absolute atomic E-state index is 0.0302. The Labute approximate surface area is 112 Å². The molecule has 2 N–H and O–H groups in total. The van der Waals surface area contributed by atoms with Crippen LogP contribution in [0.1, 0.15) is 13.3 Å². The van der Waals surface area contributed by atoms with Gasteiger partial charge in [-0.25, -0.2) is 0 Å². The second-order valence-corrected chi connectivity index (χ2v) is 6.10. The highest BCUT2D eigenvalue weighted by molar-refractivity contribution is 8.00. The molecule has 0 saturated carbocycles. The van der Waals surface area contributed by atoms with Gasteiger partial charge >= 0.3 is 0 Å².